The number of ether oxygens (including phenoxy) is 1. The van der Waals surface area contributed by atoms with Crippen LogP contribution in [-0.2, 0) is 15.3 Å². The molecule has 3 rings (SSSR count). The molecule has 2 aromatic rings. The number of amides is 1. The Bertz CT molecular complexity index is 935. The molecule has 158 valence electrons. The minimum absolute atomic E-state index is 0.0307. The number of nitrogens with one attached hydrogen (secondary N) is 1. The van der Waals surface area contributed by atoms with Crippen LogP contribution in [-0.4, -0.2) is 49.1 Å². The number of benzene rings is 2. The number of non-ortho nitro benzene ring substituents is 1. The molecule has 1 amide bonds. The number of rotatable bonds is 8. The van der Waals surface area contributed by atoms with E-state index < -0.39 is 4.92 Å². The van der Waals surface area contributed by atoms with Crippen molar-refractivity contribution in [1.29, 1.82) is 0 Å². The van der Waals surface area contributed by atoms with Gasteiger partial charge < -0.3 is 9.64 Å². The minimum Gasteiger partial charge on any atom is -0.378 e. The van der Waals surface area contributed by atoms with Crippen LogP contribution in [0.4, 0.5) is 11.4 Å². The lowest BCUT2D eigenvalue weighted by Gasteiger charge is -2.29. The first-order valence-corrected chi connectivity index (χ1v) is 10.8. The first-order valence-electron chi connectivity index (χ1n) is 9.28. The van der Waals surface area contributed by atoms with Gasteiger partial charge in [0.1, 0.15) is 0 Å². The molecule has 10 heteroatoms. The molecule has 30 heavy (non-hydrogen) atoms. The first kappa shape index (κ1) is 22.1. The number of nitro groups is 1. The Morgan fingerprint density at radius 1 is 1.30 bits per heavy atom. The fourth-order valence-corrected chi connectivity index (χ4v) is 3.93. The van der Waals surface area contributed by atoms with Gasteiger partial charge in [-0.3, -0.25) is 14.9 Å². The fraction of sp³-hybridized carbons (Fsp3) is 0.300. The Morgan fingerprint density at radius 2 is 2.10 bits per heavy atom. The molecule has 0 aromatic heterocycles. The largest absolute Gasteiger partial charge is 0.378 e. The zero-order valence-corrected chi connectivity index (χ0v) is 17.7. The highest BCUT2D eigenvalue weighted by molar-refractivity contribution is 7.99. The van der Waals surface area contributed by atoms with Crippen LogP contribution in [0.3, 0.4) is 0 Å². The maximum Gasteiger partial charge on any atom is 0.270 e. The van der Waals surface area contributed by atoms with E-state index >= 15 is 0 Å². The van der Waals surface area contributed by atoms with Crippen LogP contribution in [0.1, 0.15) is 11.1 Å². The number of hydrogen-bond acceptors (Lipinski definition) is 7. The van der Waals surface area contributed by atoms with Crippen molar-refractivity contribution < 1.29 is 14.5 Å². The normalized spacial score (nSPS) is 14.1. The summed E-state index contributed by atoms with van der Waals surface area (Å²) >= 11 is 7.40. The van der Waals surface area contributed by atoms with Gasteiger partial charge in [-0.15, -0.1) is 11.8 Å². The maximum absolute atomic E-state index is 12.0. The van der Waals surface area contributed by atoms with Gasteiger partial charge >= 0.3 is 0 Å². The summed E-state index contributed by atoms with van der Waals surface area (Å²) in [6.07, 6.45) is 1.44. The van der Waals surface area contributed by atoms with Crippen LogP contribution in [0.15, 0.2) is 47.6 Å². The van der Waals surface area contributed by atoms with E-state index in [1.807, 2.05) is 18.2 Å². The Hall–Kier alpha value is -2.62. The van der Waals surface area contributed by atoms with Gasteiger partial charge in [0.15, 0.2) is 0 Å². The van der Waals surface area contributed by atoms with Crippen molar-refractivity contribution in [2.45, 2.75) is 5.75 Å². The van der Waals surface area contributed by atoms with E-state index in [2.05, 4.69) is 15.4 Å². The lowest BCUT2D eigenvalue weighted by molar-refractivity contribution is -0.384. The number of morpholine rings is 1. The van der Waals surface area contributed by atoms with Crippen molar-refractivity contribution in [3.05, 3.63) is 68.7 Å². The van der Waals surface area contributed by atoms with Gasteiger partial charge in [0.05, 0.1) is 30.1 Å². The van der Waals surface area contributed by atoms with E-state index in [1.54, 1.807) is 12.1 Å². The summed E-state index contributed by atoms with van der Waals surface area (Å²) in [5.74, 6) is 0.635. The zero-order valence-electron chi connectivity index (χ0n) is 16.1. The van der Waals surface area contributed by atoms with Crippen molar-refractivity contribution in [3.8, 4) is 0 Å². The van der Waals surface area contributed by atoms with Crippen molar-refractivity contribution in [1.82, 2.24) is 5.43 Å². The van der Waals surface area contributed by atoms with E-state index in [9.17, 15) is 14.9 Å². The molecule has 0 unspecified atom stereocenters. The Morgan fingerprint density at radius 3 is 2.83 bits per heavy atom. The monoisotopic (exact) mass is 448 g/mol. The molecule has 2 aromatic carbocycles. The van der Waals surface area contributed by atoms with Crippen LogP contribution in [0, 0.1) is 10.1 Å². The van der Waals surface area contributed by atoms with Crippen molar-refractivity contribution in [2.24, 2.45) is 5.10 Å². The Labute approximate surface area is 183 Å². The average molecular weight is 449 g/mol. The molecule has 8 nitrogen and oxygen atoms in total. The van der Waals surface area contributed by atoms with Crippen LogP contribution in [0.5, 0.6) is 0 Å². The average Bonchev–Trinajstić information content (AvgIpc) is 2.74. The summed E-state index contributed by atoms with van der Waals surface area (Å²) in [4.78, 5) is 24.8. The van der Waals surface area contributed by atoms with Gasteiger partial charge in [0, 0.05) is 47.2 Å². The van der Waals surface area contributed by atoms with Crippen LogP contribution in [0.2, 0.25) is 5.02 Å². The summed E-state index contributed by atoms with van der Waals surface area (Å²) in [6.45, 7) is 2.55. The molecule has 0 spiro atoms. The topological polar surface area (TPSA) is 97.1 Å². The number of hydrazone groups is 1. The number of carbonyl (C=O) groups is 1. The second-order valence-electron chi connectivity index (χ2n) is 6.52. The predicted molar refractivity (Wildman–Crippen MR) is 119 cm³/mol. The molecule has 1 heterocycles. The Balaban J connectivity index is 1.58. The lowest BCUT2D eigenvalue weighted by Crippen LogP contribution is -2.36. The number of thioether (sulfide) groups is 1. The first-order chi connectivity index (χ1) is 14.5. The molecule has 0 radical (unpaired) electrons. The highest BCUT2D eigenvalue weighted by atomic mass is 35.5. The summed E-state index contributed by atoms with van der Waals surface area (Å²) in [5.41, 5.74) is 4.87. The number of carbonyl (C=O) groups excluding carboxylic acids is 1. The van der Waals surface area contributed by atoms with E-state index in [0.717, 1.165) is 11.3 Å². The van der Waals surface area contributed by atoms with Gasteiger partial charge in [-0.2, -0.15) is 5.10 Å². The van der Waals surface area contributed by atoms with Gasteiger partial charge in [-0.25, -0.2) is 5.43 Å². The SMILES string of the molecule is O=C(CSCc1cccc(Cl)c1)N/N=C/c1cc([N+](=O)[O-])ccc1N1CCOCC1. The minimum atomic E-state index is -0.453. The smallest absolute Gasteiger partial charge is 0.270 e. The third kappa shape index (κ3) is 6.45. The zero-order chi connectivity index (χ0) is 21.3. The van der Waals surface area contributed by atoms with Gasteiger partial charge in [0.25, 0.3) is 5.69 Å². The van der Waals surface area contributed by atoms with E-state index in [4.69, 9.17) is 16.3 Å². The molecule has 0 bridgehead atoms. The number of halogens is 1. The molecule has 1 saturated heterocycles. The molecule has 1 aliphatic rings. The summed E-state index contributed by atoms with van der Waals surface area (Å²) < 4.78 is 5.36. The highest BCUT2D eigenvalue weighted by Gasteiger charge is 2.17. The number of nitrogens with zero attached hydrogens (tertiary/aromatic N) is 3. The van der Waals surface area contributed by atoms with Crippen molar-refractivity contribution in [2.75, 3.05) is 37.0 Å². The lowest BCUT2D eigenvalue weighted by atomic mass is 10.1. The van der Waals surface area contributed by atoms with Crippen molar-refractivity contribution >= 4 is 46.9 Å². The number of nitro benzene ring substituents is 1. The summed E-state index contributed by atoms with van der Waals surface area (Å²) in [6, 6.07) is 12.1. The molecule has 1 N–H and O–H groups in total. The quantitative estimate of drug-likeness (QED) is 0.377. The van der Waals surface area contributed by atoms with E-state index in [1.165, 1.54) is 30.1 Å². The van der Waals surface area contributed by atoms with Gasteiger partial charge in [0.2, 0.25) is 5.91 Å². The Kier molecular flexibility index (Phi) is 8.06. The standard InChI is InChI=1S/C20H21ClN4O4S/c21-17-3-1-2-15(10-17)13-30-14-20(26)23-22-12-16-11-18(25(27)28)4-5-19(16)24-6-8-29-9-7-24/h1-5,10-12H,6-9,13-14H2,(H,23,26)/b22-12+. The predicted octanol–water partition coefficient (Wildman–Crippen LogP) is 3.47. The molecular weight excluding hydrogens is 428 g/mol. The summed E-state index contributed by atoms with van der Waals surface area (Å²) in [5, 5.41) is 15.8. The molecule has 1 fully saturated rings. The summed E-state index contributed by atoms with van der Waals surface area (Å²) in [7, 11) is 0. The van der Waals surface area contributed by atoms with Crippen LogP contribution in [0.25, 0.3) is 0 Å². The second kappa shape index (κ2) is 11.0. The van der Waals surface area contributed by atoms with E-state index in [-0.39, 0.29) is 17.3 Å². The third-order valence-electron chi connectivity index (χ3n) is 4.36. The molecule has 0 aliphatic carbocycles. The molecule has 1 aliphatic heterocycles. The number of anilines is 1. The third-order valence-corrected chi connectivity index (χ3v) is 5.60. The molecular formula is C20H21ClN4O4S. The van der Waals surface area contributed by atoms with Gasteiger partial charge in [-0.05, 0) is 23.8 Å². The van der Waals surface area contributed by atoms with Crippen molar-refractivity contribution in [3.63, 3.8) is 0 Å². The maximum atomic E-state index is 12.0. The highest BCUT2D eigenvalue weighted by Crippen LogP contribution is 2.25. The van der Waals surface area contributed by atoms with E-state index in [0.29, 0.717) is 42.6 Å². The molecule has 0 saturated carbocycles. The number of hydrogen-bond donors (Lipinski definition) is 1. The fourth-order valence-electron chi connectivity index (χ4n) is 2.95. The van der Waals surface area contributed by atoms with Gasteiger partial charge in [-0.1, -0.05) is 23.7 Å². The second-order valence-corrected chi connectivity index (χ2v) is 7.94. The van der Waals surface area contributed by atoms with Crippen LogP contribution < -0.4 is 10.3 Å². The molecule has 0 atom stereocenters. The van der Waals surface area contributed by atoms with Crippen LogP contribution >= 0.6 is 23.4 Å².